The molecular formula is C15H24N2O2S. The molecule has 0 aromatic carbocycles. The minimum atomic E-state index is -0.244. The highest BCUT2D eigenvalue weighted by Gasteiger charge is 2.22. The van der Waals surface area contributed by atoms with Crippen LogP contribution in [0.3, 0.4) is 0 Å². The Morgan fingerprint density at radius 1 is 1.35 bits per heavy atom. The molecular weight excluding hydrogens is 272 g/mol. The van der Waals surface area contributed by atoms with Crippen LogP contribution in [0.15, 0.2) is 12.1 Å². The lowest BCUT2D eigenvalue weighted by molar-refractivity contribution is -0.132. The smallest absolute Gasteiger partial charge is 0.227 e. The van der Waals surface area contributed by atoms with E-state index in [-0.39, 0.29) is 12.0 Å². The van der Waals surface area contributed by atoms with Crippen molar-refractivity contribution in [1.29, 1.82) is 0 Å². The minimum absolute atomic E-state index is 0.225. The number of hydrogen-bond donors (Lipinski definition) is 1. The fourth-order valence-electron chi connectivity index (χ4n) is 2.45. The number of aliphatic hydroxyl groups excluding tert-OH is 1. The first-order valence-electron chi connectivity index (χ1n) is 7.32. The third-order valence-electron chi connectivity index (χ3n) is 3.79. The second-order valence-corrected chi connectivity index (χ2v) is 6.81. The molecule has 112 valence electrons. The zero-order valence-electron chi connectivity index (χ0n) is 12.3. The van der Waals surface area contributed by atoms with Crippen molar-refractivity contribution in [1.82, 2.24) is 9.80 Å². The van der Waals surface area contributed by atoms with Gasteiger partial charge in [-0.3, -0.25) is 9.69 Å². The largest absolute Gasteiger partial charge is 0.392 e. The van der Waals surface area contributed by atoms with Crippen LogP contribution in [0.4, 0.5) is 0 Å². The number of aryl methyl sites for hydroxylation is 1. The lowest BCUT2D eigenvalue weighted by Gasteiger charge is -2.35. The van der Waals surface area contributed by atoms with E-state index in [1.807, 2.05) is 17.9 Å². The Balaban J connectivity index is 1.77. The van der Waals surface area contributed by atoms with Gasteiger partial charge in [0, 0.05) is 42.5 Å². The van der Waals surface area contributed by atoms with Crippen molar-refractivity contribution in [3.05, 3.63) is 21.9 Å². The Morgan fingerprint density at radius 2 is 2.05 bits per heavy atom. The van der Waals surface area contributed by atoms with Crippen LogP contribution in [0.2, 0.25) is 0 Å². The van der Waals surface area contributed by atoms with E-state index in [2.05, 4.69) is 17.9 Å². The van der Waals surface area contributed by atoms with Gasteiger partial charge in [0.25, 0.3) is 0 Å². The summed E-state index contributed by atoms with van der Waals surface area (Å²) >= 11 is 1.70. The van der Waals surface area contributed by atoms with E-state index in [9.17, 15) is 9.90 Å². The maximum Gasteiger partial charge on any atom is 0.227 e. The van der Waals surface area contributed by atoms with Gasteiger partial charge in [-0.2, -0.15) is 0 Å². The molecule has 2 rings (SSSR count). The molecule has 1 amide bonds. The third-order valence-corrected chi connectivity index (χ3v) is 4.79. The minimum Gasteiger partial charge on any atom is -0.392 e. The molecule has 2 heterocycles. The monoisotopic (exact) mass is 296 g/mol. The molecule has 0 spiro atoms. The molecule has 1 aromatic rings. The molecule has 1 aliphatic heterocycles. The van der Waals surface area contributed by atoms with E-state index in [0.29, 0.717) is 6.42 Å². The molecule has 1 saturated heterocycles. The van der Waals surface area contributed by atoms with Crippen LogP contribution in [0.25, 0.3) is 0 Å². The standard InChI is InChI=1S/C15H24N2O2S/c1-3-13(18)11-16-6-8-17(9-7-16)15(19)10-14-5-4-12(2)20-14/h4-5,13,18H,3,6-11H2,1-2H3. The molecule has 1 N–H and O–H groups in total. The number of carbonyl (C=O) groups excluding carboxylic acids is 1. The van der Waals surface area contributed by atoms with Crippen LogP contribution in [0.5, 0.6) is 0 Å². The first kappa shape index (κ1) is 15.5. The van der Waals surface area contributed by atoms with Crippen LogP contribution in [-0.4, -0.2) is 59.6 Å². The van der Waals surface area contributed by atoms with E-state index in [1.54, 1.807) is 11.3 Å². The van der Waals surface area contributed by atoms with Crippen molar-refractivity contribution in [2.45, 2.75) is 32.8 Å². The number of carbonyl (C=O) groups is 1. The van der Waals surface area contributed by atoms with Gasteiger partial charge in [0.2, 0.25) is 5.91 Å². The van der Waals surface area contributed by atoms with Gasteiger partial charge in [-0.1, -0.05) is 6.92 Å². The van der Waals surface area contributed by atoms with Gasteiger partial charge in [-0.15, -0.1) is 11.3 Å². The highest BCUT2D eigenvalue weighted by Crippen LogP contribution is 2.17. The number of aliphatic hydroxyl groups is 1. The van der Waals surface area contributed by atoms with E-state index in [1.165, 1.54) is 4.88 Å². The van der Waals surface area contributed by atoms with E-state index < -0.39 is 0 Å². The molecule has 0 saturated carbocycles. The summed E-state index contributed by atoms with van der Waals surface area (Å²) < 4.78 is 0. The molecule has 0 bridgehead atoms. The zero-order valence-corrected chi connectivity index (χ0v) is 13.2. The number of piperazine rings is 1. The Hall–Kier alpha value is -0.910. The van der Waals surface area contributed by atoms with Crippen molar-refractivity contribution in [2.24, 2.45) is 0 Å². The Labute approximate surface area is 125 Å². The molecule has 0 radical (unpaired) electrons. The van der Waals surface area contributed by atoms with Gasteiger partial charge in [0.15, 0.2) is 0 Å². The number of nitrogens with zero attached hydrogens (tertiary/aromatic N) is 2. The van der Waals surface area contributed by atoms with Gasteiger partial charge in [-0.05, 0) is 25.5 Å². The summed E-state index contributed by atoms with van der Waals surface area (Å²) in [6.07, 6.45) is 1.07. The average molecular weight is 296 g/mol. The van der Waals surface area contributed by atoms with E-state index in [0.717, 1.165) is 44.0 Å². The van der Waals surface area contributed by atoms with Crippen LogP contribution < -0.4 is 0 Å². The van der Waals surface area contributed by atoms with Gasteiger partial charge < -0.3 is 10.0 Å². The third kappa shape index (κ3) is 4.30. The quantitative estimate of drug-likeness (QED) is 0.896. The molecule has 1 aliphatic rings. The van der Waals surface area contributed by atoms with Gasteiger partial charge in [-0.25, -0.2) is 0 Å². The van der Waals surface area contributed by atoms with Crippen molar-refractivity contribution >= 4 is 17.2 Å². The maximum absolute atomic E-state index is 12.2. The fourth-order valence-corrected chi connectivity index (χ4v) is 3.33. The van der Waals surface area contributed by atoms with Crippen LogP contribution in [0.1, 0.15) is 23.1 Å². The van der Waals surface area contributed by atoms with E-state index in [4.69, 9.17) is 0 Å². The van der Waals surface area contributed by atoms with Crippen LogP contribution in [-0.2, 0) is 11.2 Å². The van der Waals surface area contributed by atoms with Crippen LogP contribution in [0, 0.1) is 6.92 Å². The predicted molar refractivity (Wildman–Crippen MR) is 82.1 cm³/mol. The summed E-state index contributed by atoms with van der Waals surface area (Å²) in [5.41, 5.74) is 0. The van der Waals surface area contributed by atoms with Gasteiger partial charge in [0.1, 0.15) is 0 Å². The fraction of sp³-hybridized carbons (Fsp3) is 0.667. The van der Waals surface area contributed by atoms with Crippen molar-refractivity contribution in [3.63, 3.8) is 0 Å². The summed E-state index contributed by atoms with van der Waals surface area (Å²) in [6, 6.07) is 4.11. The molecule has 1 atom stereocenters. The Bertz CT molecular complexity index is 439. The van der Waals surface area contributed by atoms with Crippen molar-refractivity contribution in [3.8, 4) is 0 Å². The molecule has 4 nitrogen and oxygen atoms in total. The first-order chi connectivity index (χ1) is 9.58. The lowest BCUT2D eigenvalue weighted by Crippen LogP contribution is -2.50. The summed E-state index contributed by atoms with van der Waals surface area (Å²) in [4.78, 5) is 18.8. The summed E-state index contributed by atoms with van der Waals surface area (Å²) in [5.74, 6) is 0.225. The number of amides is 1. The average Bonchev–Trinajstić information content (AvgIpc) is 2.84. The highest BCUT2D eigenvalue weighted by molar-refractivity contribution is 7.12. The van der Waals surface area contributed by atoms with Gasteiger partial charge in [0.05, 0.1) is 12.5 Å². The summed E-state index contributed by atoms with van der Waals surface area (Å²) in [6.45, 7) is 8.07. The molecule has 1 unspecified atom stereocenters. The summed E-state index contributed by atoms with van der Waals surface area (Å²) in [7, 11) is 0. The van der Waals surface area contributed by atoms with Gasteiger partial charge >= 0.3 is 0 Å². The normalized spacial score (nSPS) is 18.2. The Morgan fingerprint density at radius 3 is 2.60 bits per heavy atom. The van der Waals surface area contributed by atoms with Crippen molar-refractivity contribution < 1.29 is 9.90 Å². The summed E-state index contributed by atoms with van der Waals surface area (Å²) in [5, 5.41) is 9.66. The topological polar surface area (TPSA) is 43.8 Å². The predicted octanol–water partition coefficient (Wildman–Crippen LogP) is 1.51. The number of β-amino-alcohol motifs (C(OH)–C–C–N with tert-alkyl or cyclic N) is 1. The number of rotatable bonds is 5. The first-order valence-corrected chi connectivity index (χ1v) is 8.13. The molecule has 1 aromatic heterocycles. The van der Waals surface area contributed by atoms with Crippen LogP contribution >= 0.6 is 11.3 Å². The Kier molecular flexibility index (Phi) is 5.57. The zero-order chi connectivity index (χ0) is 14.5. The van der Waals surface area contributed by atoms with E-state index >= 15 is 0 Å². The SMILES string of the molecule is CCC(O)CN1CCN(C(=O)Cc2ccc(C)s2)CC1. The maximum atomic E-state index is 12.2. The van der Waals surface area contributed by atoms with Crippen molar-refractivity contribution in [2.75, 3.05) is 32.7 Å². The lowest BCUT2D eigenvalue weighted by atomic mass is 10.2. The second kappa shape index (κ2) is 7.20. The molecule has 20 heavy (non-hydrogen) atoms. The molecule has 1 fully saturated rings. The number of hydrogen-bond acceptors (Lipinski definition) is 4. The molecule has 0 aliphatic carbocycles. The second-order valence-electron chi connectivity index (χ2n) is 5.43. The molecule has 5 heteroatoms. The number of thiophene rings is 1. The highest BCUT2D eigenvalue weighted by atomic mass is 32.1.